The van der Waals surface area contributed by atoms with Gasteiger partial charge in [0.15, 0.2) is 0 Å². The van der Waals surface area contributed by atoms with Gasteiger partial charge in [0.1, 0.15) is 0 Å². The van der Waals surface area contributed by atoms with Crippen LogP contribution in [-0.4, -0.2) is 5.66 Å². The summed E-state index contributed by atoms with van der Waals surface area (Å²) in [6.07, 6.45) is 3.34. The summed E-state index contributed by atoms with van der Waals surface area (Å²) in [4.78, 5) is 0. The van der Waals surface area contributed by atoms with Gasteiger partial charge in [-0.1, -0.05) is 27.7 Å². The van der Waals surface area contributed by atoms with Crippen molar-refractivity contribution in [2.45, 2.75) is 52.6 Å². The molecule has 0 heterocycles. The molecule has 1 aliphatic carbocycles. The first-order valence-corrected chi connectivity index (χ1v) is 4.78. The highest BCUT2D eigenvalue weighted by molar-refractivity contribution is 5.04. The summed E-state index contributed by atoms with van der Waals surface area (Å²) in [7, 11) is 0. The fourth-order valence-electron chi connectivity index (χ4n) is 2.08. The van der Waals surface area contributed by atoms with Crippen LogP contribution >= 0.6 is 0 Å². The average Bonchev–Trinajstić information content (AvgIpc) is 1.83. The summed E-state index contributed by atoms with van der Waals surface area (Å²) in [6, 6.07) is 0. The lowest BCUT2D eigenvalue weighted by Gasteiger charge is -2.55. The van der Waals surface area contributed by atoms with Crippen molar-refractivity contribution in [2.24, 2.45) is 22.3 Å². The van der Waals surface area contributed by atoms with Gasteiger partial charge in [0.05, 0.1) is 5.66 Å². The van der Waals surface area contributed by atoms with Crippen LogP contribution in [0.25, 0.3) is 0 Å². The van der Waals surface area contributed by atoms with E-state index in [4.69, 9.17) is 11.5 Å². The highest BCUT2D eigenvalue weighted by atomic mass is 15.0. The highest BCUT2D eigenvalue weighted by Gasteiger charge is 2.51. The summed E-state index contributed by atoms with van der Waals surface area (Å²) < 4.78 is 0. The summed E-state index contributed by atoms with van der Waals surface area (Å²) >= 11 is 0. The van der Waals surface area contributed by atoms with Gasteiger partial charge in [0.25, 0.3) is 0 Å². The van der Waals surface area contributed by atoms with E-state index in [0.29, 0.717) is 0 Å². The lowest BCUT2D eigenvalue weighted by molar-refractivity contribution is -0.0270. The Morgan fingerprint density at radius 2 is 1.42 bits per heavy atom. The molecule has 1 fully saturated rings. The van der Waals surface area contributed by atoms with Crippen LogP contribution < -0.4 is 11.5 Å². The maximum absolute atomic E-state index is 6.11. The van der Waals surface area contributed by atoms with Gasteiger partial charge in [-0.3, -0.25) is 0 Å². The SMILES string of the molecule is CC1(C)CCCC(N)(N)C1(C)C. The summed E-state index contributed by atoms with van der Waals surface area (Å²) in [5, 5.41) is 0. The Morgan fingerprint density at radius 1 is 0.917 bits per heavy atom. The largest absolute Gasteiger partial charge is 0.313 e. The first-order chi connectivity index (χ1) is 5.21. The Kier molecular flexibility index (Phi) is 2.05. The predicted octanol–water partition coefficient (Wildman–Crippen LogP) is 1.84. The molecule has 0 amide bonds. The van der Waals surface area contributed by atoms with E-state index in [1.165, 1.54) is 6.42 Å². The van der Waals surface area contributed by atoms with Crippen LogP contribution in [-0.2, 0) is 0 Å². The van der Waals surface area contributed by atoms with E-state index >= 15 is 0 Å². The van der Waals surface area contributed by atoms with Crippen molar-refractivity contribution >= 4 is 0 Å². The third-order valence-corrected chi connectivity index (χ3v) is 4.25. The number of nitrogens with two attached hydrogens (primary N) is 2. The van der Waals surface area contributed by atoms with Crippen molar-refractivity contribution in [2.75, 3.05) is 0 Å². The molecule has 2 nitrogen and oxygen atoms in total. The van der Waals surface area contributed by atoms with Crippen LogP contribution in [0.4, 0.5) is 0 Å². The Morgan fingerprint density at radius 3 is 1.75 bits per heavy atom. The molecule has 0 radical (unpaired) electrons. The van der Waals surface area contributed by atoms with Gasteiger partial charge in [0.2, 0.25) is 0 Å². The van der Waals surface area contributed by atoms with E-state index in [-0.39, 0.29) is 10.8 Å². The number of hydrogen-bond acceptors (Lipinski definition) is 2. The van der Waals surface area contributed by atoms with Gasteiger partial charge in [-0.05, 0) is 24.7 Å². The molecule has 0 unspecified atom stereocenters. The first kappa shape index (κ1) is 10.0. The molecule has 0 bridgehead atoms. The van der Waals surface area contributed by atoms with E-state index in [1.807, 2.05) is 0 Å². The van der Waals surface area contributed by atoms with Crippen molar-refractivity contribution < 1.29 is 0 Å². The van der Waals surface area contributed by atoms with Gasteiger partial charge in [0, 0.05) is 5.41 Å². The third-order valence-electron chi connectivity index (χ3n) is 4.25. The molecule has 2 heteroatoms. The van der Waals surface area contributed by atoms with Crippen LogP contribution in [0.3, 0.4) is 0 Å². The average molecular weight is 170 g/mol. The maximum Gasteiger partial charge on any atom is 0.0694 e. The smallest absolute Gasteiger partial charge is 0.0694 e. The lowest BCUT2D eigenvalue weighted by Crippen LogP contribution is -2.66. The second kappa shape index (κ2) is 2.46. The summed E-state index contributed by atoms with van der Waals surface area (Å²) in [6.45, 7) is 8.90. The molecule has 1 rings (SSSR count). The molecule has 4 N–H and O–H groups in total. The molecule has 12 heavy (non-hydrogen) atoms. The number of hydrogen-bond donors (Lipinski definition) is 2. The van der Waals surface area contributed by atoms with E-state index in [0.717, 1.165) is 12.8 Å². The van der Waals surface area contributed by atoms with Gasteiger partial charge in [-0.25, -0.2) is 0 Å². The Labute approximate surface area is 75.7 Å². The standard InChI is InChI=1S/C10H22N2/c1-8(2)6-5-7-10(11,12)9(8,3)4/h5-7,11-12H2,1-4H3. The monoisotopic (exact) mass is 170 g/mol. The van der Waals surface area contributed by atoms with Crippen molar-refractivity contribution in [3.8, 4) is 0 Å². The minimum Gasteiger partial charge on any atom is -0.313 e. The molecule has 1 aliphatic rings. The molecule has 1 saturated carbocycles. The van der Waals surface area contributed by atoms with Crippen molar-refractivity contribution in [3.05, 3.63) is 0 Å². The van der Waals surface area contributed by atoms with Crippen LogP contribution in [0.15, 0.2) is 0 Å². The normalized spacial score (nSPS) is 31.5. The Balaban J connectivity index is 2.99. The zero-order valence-electron chi connectivity index (χ0n) is 8.78. The molecule has 0 aromatic carbocycles. The molecule has 0 spiro atoms. The predicted molar refractivity (Wildman–Crippen MR) is 52.5 cm³/mol. The molecule has 0 atom stereocenters. The van der Waals surface area contributed by atoms with Crippen molar-refractivity contribution in [1.29, 1.82) is 0 Å². The number of rotatable bonds is 0. The van der Waals surface area contributed by atoms with E-state index < -0.39 is 5.66 Å². The molecule has 0 aliphatic heterocycles. The minimum atomic E-state index is -0.491. The zero-order chi connectivity index (χ0) is 9.62. The molecular formula is C10H22N2. The minimum absolute atomic E-state index is 0.0260. The maximum atomic E-state index is 6.11. The topological polar surface area (TPSA) is 52.0 Å². The second-order valence-electron chi connectivity index (χ2n) is 5.40. The van der Waals surface area contributed by atoms with Gasteiger partial charge in [-0.15, -0.1) is 0 Å². The summed E-state index contributed by atoms with van der Waals surface area (Å²) in [5.74, 6) is 0. The molecule has 0 aromatic heterocycles. The van der Waals surface area contributed by atoms with Crippen LogP contribution in [0.1, 0.15) is 47.0 Å². The van der Waals surface area contributed by atoms with E-state index in [1.54, 1.807) is 0 Å². The van der Waals surface area contributed by atoms with E-state index in [2.05, 4.69) is 27.7 Å². The summed E-state index contributed by atoms with van der Waals surface area (Å²) in [5.41, 5.74) is 12.0. The molecule has 72 valence electrons. The lowest BCUT2D eigenvalue weighted by atomic mass is 9.55. The Hall–Kier alpha value is -0.0800. The van der Waals surface area contributed by atoms with Crippen molar-refractivity contribution in [1.82, 2.24) is 0 Å². The van der Waals surface area contributed by atoms with Gasteiger partial charge >= 0.3 is 0 Å². The molecular weight excluding hydrogens is 148 g/mol. The molecule has 0 aromatic rings. The van der Waals surface area contributed by atoms with Crippen LogP contribution in [0.5, 0.6) is 0 Å². The van der Waals surface area contributed by atoms with Crippen LogP contribution in [0, 0.1) is 10.8 Å². The zero-order valence-corrected chi connectivity index (χ0v) is 8.78. The fourth-order valence-corrected chi connectivity index (χ4v) is 2.08. The quantitative estimate of drug-likeness (QED) is 0.545. The highest BCUT2D eigenvalue weighted by Crippen LogP contribution is 2.51. The molecule has 0 saturated heterocycles. The van der Waals surface area contributed by atoms with E-state index in [9.17, 15) is 0 Å². The second-order valence-corrected chi connectivity index (χ2v) is 5.40. The Bertz CT molecular complexity index is 162. The van der Waals surface area contributed by atoms with Crippen LogP contribution in [0.2, 0.25) is 0 Å². The first-order valence-electron chi connectivity index (χ1n) is 4.78. The van der Waals surface area contributed by atoms with Gasteiger partial charge in [-0.2, -0.15) is 0 Å². The third kappa shape index (κ3) is 1.17. The van der Waals surface area contributed by atoms with Gasteiger partial charge < -0.3 is 11.5 Å². The van der Waals surface area contributed by atoms with Crippen molar-refractivity contribution in [3.63, 3.8) is 0 Å². The fraction of sp³-hybridized carbons (Fsp3) is 1.00.